The highest BCUT2D eigenvalue weighted by Gasteiger charge is 2.54. The maximum atomic E-state index is 11.3. The molecule has 4 atom stereocenters. The van der Waals surface area contributed by atoms with Crippen molar-refractivity contribution in [2.75, 3.05) is 0 Å². The summed E-state index contributed by atoms with van der Waals surface area (Å²) in [5.41, 5.74) is 1.88. The Labute approximate surface area is 136 Å². The highest BCUT2D eigenvalue weighted by atomic mass is 16.3. The van der Waals surface area contributed by atoms with Crippen LogP contribution in [0.5, 0.6) is 0 Å². The highest BCUT2D eigenvalue weighted by Crippen LogP contribution is 2.56. The minimum Gasteiger partial charge on any atom is -0.389 e. The topological polar surface area (TPSA) is 40.5 Å². The lowest BCUT2D eigenvalue weighted by molar-refractivity contribution is -0.0644. The second-order valence-corrected chi connectivity index (χ2v) is 8.36. The van der Waals surface area contributed by atoms with Gasteiger partial charge in [0.2, 0.25) is 0 Å². The molecule has 2 nitrogen and oxygen atoms in total. The molecular formula is C20H34O2. The van der Waals surface area contributed by atoms with E-state index >= 15 is 0 Å². The lowest BCUT2D eigenvalue weighted by Crippen LogP contribution is -2.43. The summed E-state index contributed by atoms with van der Waals surface area (Å²) < 4.78 is 0. The summed E-state index contributed by atoms with van der Waals surface area (Å²) in [4.78, 5) is 0. The van der Waals surface area contributed by atoms with Gasteiger partial charge in [-0.1, -0.05) is 39.0 Å². The fourth-order valence-electron chi connectivity index (χ4n) is 4.55. The summed E-state index contributed by atoms with van der Waals surface area (Å²) in [7, 11) is 0. The Balaban J connectivity index is 2.32. The van der Waals surface area contributed by atoms with Gasteiger partial charge in [-0.15, -0.1) is 0 Å². The molecule has 0 aromatic heterocycles. The van der Waals surface area contributed by atoms with Crippen LogP contribution in [0.3, 0.4) is 0 Å². The fraction of sp³-hybridized carbons (Fsp3) is 0.800. The van der Waals surface area contributed by atoms with Gasteiger partial charge in [-0.3, -0.25) is 0 Å². The average molecular weight is 306 g/mol. The predicted molar refractivity (Wildman–Crippen MR) is 92.6 cm³/mol. The van der Waals surface area contributed by atoms with Crippen LogP contribution in [0.1, 0.15) is 72.6 Å². The van der Waals surface area contributed by atoms with E-state index < -0.39 is 11.7 Å². The monoisotopic (exact) mass is 306 g/mol. The molecule has 22 heavy (non-hydrogen) atoms. The Morgan fingerprint density at radius 3 is 2.55 bits per heavy atom. The molecule has 0 aromatic rings. The molecule has 1 saturated carbocycles. The first-order chi connectivity index (χ1) is 10.2. The van der Waals surface area contributed by atoms with Gasteiger partial charge in [0.05, 0.1) is 11.7 Å². The maximum absolute atomic E-state index is 11.3. The number of rotatable bonds is 1. The van der Waals surface area contributed by atoms with Crippen molar-refractivity contribution >= 4 is 0 Å². The second kappa shape index (κ2) is 6.49. The van der Waals surface area contributed by atoms with E-state index in [9.17, 15) is 10.2 Å². The van der Waals surface area contributed by atoms with Gasteiger partial charge in [-0.05, 0) is 74.7 Å². The van der Waals surface area contributed by atoms with Crippen LogP contribution in [0.15, 0.2) is 23.8 Å². The number of fused-ring (bicyclic) bond motifs is 1. The number of aliphatic hydroxyl groups excluding tert-OH is 1. The Morgan fingerprint density at radius 2 is 1.91 bits per heavy atom. The molecule has 2 N–H and O–H groups in total. The molecular weight excluding hydrogens is 272 g/mol. The standard InChI is InChI=1S/C20H34O2/c1-14(2)20(22)13-12-19(5)11-10-15(3)6-8-17(21)16(4)7-9-18(19)20/h10,14,17-18,21-22H,4,6-9,11-13H2,1-3,5H3/b15-10+/t17-,18+,19-,20+/m0/s1. The van der Waals surface area contributed by atoms with Crippen molar-refractivity contribution in [3.8, 4) is 0 Å². The van der Waals surface area contributed by atoms with Crippen molar-refractivity contribution in [3.63, 3.8) is 0 Å². The molecule has 0 bridgehead atoms. The molecule has 2 rings (SSSR count). The van der Waals surface area contributed by atoms with Gasteiger partial charge in [-0.25, -0.2) is 0 Å². The highest BCUT2D eigenvalue weighted by molar-refractivity contribution is 5.13. The van der Waals surface area contributed by atoms with Gasteiger partial charge >= 0.3 is 0 Å². The zero-order valence-electron chi connectivity index (χ0n) is 14.9. The molecule has 0 radical (unpaired) electrons. The van der Waals surface area contributed by atoms with Gasteiger partial charge in [0.1, 0.15) is 0 Å². The van der Waals surface area contributed by atoms with E-state index in [0.717, 1.165) is 50.5 Å². The minimum atomic E-state index is -0.574. The van der Waals surface area contributed by atoms with Crippen molar-refractivity contribution in [2.45, 2.75) is 84.3 Å². The van der Waals surface area contributed by atoms with Crippen molar-refractivity contribution < 1.29 is 10.2 Å². The largest absolute Gasteiger partial charge is 0.389 e. The predicted octanol–water partition coefficient (Wildman–Crippen LogP) is 4.62. The average Bonchev–Trinajstić information content (AvgIpc) is 2.72. The van der Waals surface area contributed by atoms with Crippen LogP contribution < -0.4 is 0 Å². The lowest BCUT2D eigenvalue weighted by Gasteiger charge is -2.41. The van der Waals surface area contributed by atoms with E-state index in [1.165, 1.54) is 5.57 Å². The lowest BCUT2D eigenvalue weighted by atomic mass is 9.67. The van der Waals surface area contributed by atoms with Crippen LogP contribution in [-0.4, -0.2) is 21.9 Å². The first-order valence-electron chi connectivity index (χ1n) is 8.93. The fourth-order valence-corrected chi connectivity index (χ4v) is 4.55. The first-order valence-corrected chi connectivity index (χ1v) is 8.93. The Hall–Kier alpha value is -0.600. The third kappa shape index (κ3) is 3.33. The summed E-state index contributed by atoms with van der Waals surface area (Å²) >= 11 is 0. The summed E-state index contributed by atoms with van der Waals surface area (Å²) in [5.74, 6) is 0.554. The van der Waals surface area contributed by atoms with E-state index in [1.807, 2.05) is 0 Å². The molecule has 0 aromatic carbocycles. The van der Waals surface area contributed by atoms with E-state index in [1.54, 1.807) is 0 Å². The van der Waals surface area contributed by atoms with Crippen molar-refractivity contribution in [1.29, 1.82) is 0 Å². The van der Waals surface area contributed by atoms with Gasteiger partial charge in [0.15, 0.2) is 0 Å². The summed E-state index contributed by atoms with van der Waals surface area (Å²) in [6.45, 7) is 12.9. The van der Waals surface area contributed by atoms with Crippen molar-refractivity contribution in [2.24, 2.45) is 17.3 Å². The molecule has 0 saturated heterocycles. The maximum Gasteiger partial charge on any atom is 0.0750 e. The molecule has 0 aliphatic heterocycles. The van der Waals surface area contributed by atoms with Crippen LogP contribution in [-0.2, 0) is 0 Å². The Bertz CT molecular complexity index is 451. The summed E-state index contributed by atoms with van der Waals surface area (Å²) in [6, 6.07) is 0. The van der Waals surface area contributed by atoms with Gasteiger partial charge < -0.3 is 10.2 Å². The van der Waals surface area contributed by atoms with E-state index in [2.05, 4.69) is 40.3 Å². The van der Waals surface area contributed by atoms with Crippen LogP contribution in [0.4, 0.5) is 0 Å². The van der Waals surface area contributed by atoms with Crippen LogP contribution in [0.2, 0.25) is 0 Å². The number of hydrogen-bond donors (Lipinski definition) is 2. The van der Waals surface area contributed by atoms with Gasteiger partial charge in [-0.2, -0.15) is 0 Å². The van der Waals surface area contributed by atoms with Crippen molar-refractivity contribution in [3.05, 3.63) is 23.8 Å². The molecule has 1 fully saturated rings. The molecule has 2 heteroatoms. The Kier molecular flexibility index (Phi) is 5.23. The third-order valence-electron chi connectivity index (χ3n) is 6.50. The van der Waals surface area contributed by atoms with Gasteiger partial charge in [0, 0.05) is 0 Å². The normalized spacial score (nSPS) is 43.4. The number of hydrogen-bond acceptors (Lipinski definition) is 2. The van der Waals surface area contributed by atoms with E-state index in [-0.39, 0.29) is 17.3 Å². The quantitative estimate of drug-likeness (QED) is 0.694. The van der Waals surface area contributed by atoms with E-state index in [0.29, 0.717) is 0 Å². The molecule has 2 aliphatic carbocycles. The van der Waals surface area contributed by atoms with Crippen LogP contribution in [0, 0.1) is 17.3 Å². The molecule has 0 heterocycles. The molecule has 126 valence electrons. The van der Waals surface area contributed by atoms with Gasteiger partial charge in [0.25, 0.3) is 0 Å². The van der Waals surface area contributed by atoms with E-state index in [4.69, 9.17) is 0 Å². The molecule has 0 spiro atoms. The SMILES string of the molecule is C=C1CC[C@@H]2[C@@](C)(C/C=C(\C)CC[C@@H]1O)CC[C@@]2(O)C(C)C. The molecule has 0 amide bonds. The van der Waals surface area contributed by atoms with Crippen LogP contribution >= 0.6 is 0 Å². The molecule has 0 unspecified atom stereocenters. The third-order valence-corrected chi connectivity index (χ3v) is 6.50. The van der Waals surface area contributed by atoms with Crippen LogP contribution in [0.25, 0.3) is 0 Å². The smallest absolute Gasteiger partial charge is 0.0750 e. The minimum absolute atomic E-state index is 0.163. The first kappa shape index (κ1) is 17.7. The number of aliphatic hydroxyl groups is 2. The summed E-state index contributed by atoms with van der Waals surface area (Å²) in [6.07, 6.45) is 8.46. The zero-order chi connectivity index (χ0) is 16.5. The second-order valence-electron chi connectivity index (χ2n) is 8.36. The molecule has 2 aliphatic rings. The number of allylic oxidation sites excluding steroid dienone is 2. The zero-order valence-corrected chi connectivity index (χ0v) is 14.9. The Morgan fingerprint density at radius 1 is 1.23 bits per heavy atom. The van der Waals surface area contributed by atoms with Crippen molar-refractivity contribution in [1.82, 2.24) is 0 Å². The summed E-state index contributed by atoms with van der Waals surface area (Å²) in [5, 5.41) is 21.5.